The van der Waals surface area contributed by atoms with Crippen LogP contribution in [0, 0.1) is 0 Å². The Hall–Kier alpha value is -1.71. The van der Waals surface area contributed by atoms with Crippen LogP contribution in [0.15, 0.2) is 6.07 Å². The number of nitrogens with one attached hydrogen (secondary N) is 1. The van der Waals surface area contributed by atoms with Gasteiger partial charge in [-0.1, -0.05) is 0 Å². The maximum Gasteiger partial charge on any atom is 0.433 e. The summed E-state index contributed by atoms with van der Waals surface area (Å²) >= 11 is 0. The van der Waals surface area contributed by atoms with Gasteiger partial charge in [-0.05, 0) is 0 Å². The van der Waals surface area contributed by atoms with E-state index >= 15 is 0 Å². The second-order valence-electron chi connectivity index (χ2n) is 3.74. The molecule has 1 aromatic rings. The van der Waals surface area contributed by atoms with Crippen LogP contribution in [0.5, 0.6) is 0 Å². The van der Waals surface area contributed by atoms with E-state index in [0.717, 1.165) is 4.90 Å². The van der Waals surface area contributed by atoms with Gasteiger partial charge in [0.15, 0.2) is 5.69 Å². The zero-order valence-corrected chi connectivity index (χ0v) is 10.5. The van der Waals surface area contributed by atoms with Crippen LogP contribution in [0.2, 0.25) is 0 Å². The molecule has 0 aliphatic heterocycles. The highest BCUT2D eigenvalue weighted by molar-refractivity contribution is 5.45. The second kappa shape index (κ2) is 6.64. The van der Waals surface area contributed by atoms with Gasteiger partial charge in [0, 0.05) is 19.7 Å². The monoisotopic (exact) mass is 300 g/mol. The molecule has 2 N–H and O–H groups in total. The number of anilines is 2. The number of rotatable bonds is 6. The molecule has 10 heteroatoms. The Morgan fingerprint density at radius 3 is 2.45 bits per heavy atom. The average molecular weight is 300 g/mol. The molecule has 0 bridgehead atoms. The molecule has 0 atom stereocenters. The summed E-state index contributed by atoms with van der Waals surface area (Å²) in [5.41, 5.74) is -1.25. The lowest BCUT2D eigenvalue weighted by atomic mass is 10.3. The van der Waals surface area contributed by atoms with Crippen LogP contribution in [-0.4, -0.2) is 48.2 Å². The van der Waals surface area contributed by atoms with Gasteiger partial charge in [0.25, 0.3) is 6.43 Å². The Morgan fingerprint density at radius 1 is 1.35 bits per heavy atom. The van der Waals surface area contributed by atoms with Crippen molar-refractivity contribution in [3.05, 3.63) is 11.8 Å². The van der Waals surface area contributed by atoms with Crippen LogP contribution in [0.3, 0.4) is 0 Å². The summed E-state index contributed by atoms with van der Waals surface area (Å²) in [6, 6.07) is 0.568. The Morgan fingerprint density at radius 2 is 2.00 bits per heavy atom. The molecule has 0 amide bonds. The van der Waals surface area contributed by atoms with Gasteiger partial charge in [0.2, 0.25) is 5.95 Å². The molecule has 0 aliphatic carbocycles. The maximum absolute atomic E-state index is 12.7. The molecular formula is C10H13F5N4O. The summed E-state index contributed by atoms with van der Waals surface area (Å²) < 4.78 is 62.8. The Kier molecular flexibility index (Phi) is 5.43. The molecule has 0 aliphatic rings. The standard InChI is InChI=1S/C10H13F5N4O/c1-16-9-17-6(10(13,14)15)4-8(18-9)19(2-3-20)5-7(11)12/h4,7,20H,2-3,5H2,1H3,(H,16,17,18). The van der Waals surface area contributed by atoms with Crippen molar-refractivity contribution < 1.29 is 27.1 Å². The smallest absolute Gasteiger partial charge is 0.395 e. The fourth-order valence-corrected chi connectivity index (χ4v) is 1.44. The highest BCUT2D eigenvalue weighted by atomic mass is 19.4. The van der Waals surface area contributed by atoms with Gasteiger partial charge >= 0.3 is 6.18 Å². The van der Waals surface area contributed by atoms with Crippen molar-refractivity contribution in [2.75, 3.05) is 37.0 Å². The quantitative estimate of drug-likeness (QED) is 0.782. The number of nitrogens with zero attached hydrogens (tertiary/aromatic N) is 3. The Bertz CT molecular complexity index is 440. The zero-order chi connectivity index (χ0) is 15.3. The van der Waals surface area contributed by atoms with E-state index in [4.69, 9.17) is 5.11 Å². The molecule has 1 heterocycles. The van der Waals surface area contributed by atoms with E-state index < -0.39 is 31.4 Å². The van der Waals surface area contributed by atoms with E-state index in [1.165, 1.54) is 7.05 Å². The van der Waals surface area contributed by atoms with Crippen LogP contribution in [-0.2, 0) is 6.18 Å². The highest BCUT2D eigenvalue weighted by Gasteiger charge is 2.34. The predicted molar refractivity (Wildman–Crippen MR) is 61.9 cm³/mol. The number of aliphatic hydroxyl groups is 1. The molecule has 1 aromatic heterocycles. The van der Waals surface area contributed by atoms with E-state index in [1.807, 2.05) is 0 Å². The van der Waals surface area contributed by atoms with Gasteiger partial charge < -0.3 is 15.3 Å². The summed E-state index contributed by atoms with van der Waals surface area (Å²) in [7, 11) is 1.31. The topological polar surface area (TPSA) is 61.3 Å². The van der Waals surface area contributed by atoms with Crippen LogP contribution >= 0.6 is 0 Å². The van der Waals surface area contributed by atoms with Crippen molar-refractivity contribution in [1.82, 2.24) is 9.97 Å². The number of alkyl halides is 5. The fraction of sp³-hybridized carbons (Fsp3) is 0.600. The summed E-state index contributed by atoms with van der Waals surface area (Å²) in [4.78, 5) is 7.78. The number of aromatic nitrogens is 2. The largest absolute Gasteiger partial charge is 0.433 e. The first-order chi connectivity index (χ1) is 9.27. The van der Waals surface area contributed by atoms with Gasteiger partial charge in [-0.3, -0.25) is 0 Å². The van der Waals surface area contributed by atoms with Crippen LogP contribution in [0.4, 0.5) is 33.7 Å². The average Bonchev–Trinajstić information content (AvgIpc) is 2.36. The Labute approximate surface area is 111 Å². The van der Waals surface area contributed by atoms with Gasteiger partial charge in [-0.2, -0.15) is 18.2 Å². The predicted octanol–water partition coefficient (Wildman–Crippen LogP) is 1.60. The summed E-state index contributed by atoms with van der Waals surface area (Å²) in [6.45, 7) is -1.59. The molecule has 0 radical (unpaired) electrons. The highest BCUT2D eigenvalue weighted by Crippen LogP contribution is 2.30. The molecule has 114 valence electrons. The van der Waals surface area contributed by atoms with Crippen molar-refractivity contribution in [3.63, 3.8) is 0 Å². The molecule has 20 heavy (non-hydrogen) atoms. The summed E-state index contributed by atoms with van der Waals surface area (Å²) in [5.74, 6) is -0.668. The minimum atomic E-state index is -4.72. The molecule has 5 nitrogen and oxygen atoms in total. The van der Waals surface area contributed by atoms with Gasteiger partial charge in [-0.25, -0.2) is 13.8 Å². The van der Waals surface area contributed by atoms with E-state index in [1.54, 1.807) is 0 Å². The molecule has 0 unspecified atom stereocenters. The SMILES string of the molecule is CNc1nc(N(CCO)CC(F)F)cc(C(F)(F)F)n1. The molecule has 0 saturated heterocycles. The fourth-order valence-electron chi connectivity index (χ4n) is 1.44. The van der Waals surface area contributed by atoms with Gasteiger partial charge in [0.05, 0.1) is 13.2 Å². The Balaban J connectivity index is 3.19. The minimum Gasteiger partial charge on any atom is -0.395 e. The number of hydrogen-bond acceptors (Lipinski definition) is 5. The maximum atomic E-state index is 12.7. The van der Waals surface area contributed by atoms with Crippen molar-refractivity contribution in [1.29, 1.82) is 0 Å². The number of aliphatic hydroxyl groups excluding tert-OH is 1. The first-order valence-corrected chi connectivity index (χ1v) is 5.56. The molecule has 1 rings (SSSR count). The third-order valence-corrected chi connectivity index (χ3v) is 2.28. The molecule has 0 spiro atoms. The molecule has 0 aromatic carbocycles. The first-order valence-electron chi connectivity index (χ1n) is 5.56. The lowest BCUT2D eigenvalue weighted by Crippen LogP contribution is -2.33. The zero-order valence-electron chi connectivity index (χ0n) is 10.5. The van der Waals surface area contributed by atoms with Crippen molar-refractivity contribution >= 4 is 11.8 Å². The number of hydrogen-bond donors (Lipinski definition) is 2. The van der Waals surface area contributed by atoms with Crippen molar-refractivity contribution in [3.8, 4) is 0 Å². The second-order valence-corrected chi connectivity index (χ2v) is 3.74. The van der Waals surface area contributed by atoms with Crippen molar-refractivity contribution in [2.24, 2.45) is 0 Å². The molecule has 0 saturated carbocycles. The number of halogens is 5. The van der Waals surface area contributed by atoms with Crippen LogP contribution < -0.4 is 10.2 Å². The van der Waals surface area contributed by atoms with Crippen molar-refractivity contribution in [2.45, 2.75) is 12.6 Å². The first kappa shape index (κ1) is 16.3. The van der Waals surface area contributed by atoms with Gasteiger partial charge in [-0.15, -0.1) is 0 Å². The third kappa shape index (κ3) is 4.44. The van der Waals surface area contributed by atoms with E-state index in [-0.39, 0.29) is 18.3 Å². The molecular weight excluding hydrogens is 287 g/mol. The lowest BCUT2D eigenvalue weighted by Gasteiger charge is -2.23. The summed E-state index contributed by atoms with van der Waals surface area (Å²) in [6.07, 6.45) is -7.50. The lowest BCUT2D eigenvalue weighted by molar-refractivity contribution is -0.141. The van der Waals surface area contributed by atoms with Crippen LogP contribution in [0.25, 0.3) is 0 Å². The van der Waals surface area contributed by atoms with Crippen LogP contribution in [0.1, 0.15) is 5.69 Å². The minimum absolute atomic E-state index is 0.262. The van der Waals surface area contributed by atoms with Gasteiger partial charge in [0.1, 0.15) is 5.82 Å². The normalized spacial score (nSPS) is 11.8. The van der Waals surface area contributed by atoms with E-state index in [2.05, 4.69) is 15.3 Å². The van der Waals surface area contributed by atoms with E-state index in [0.29, 0.717) is 6.07 Å². The van der Waals surface area contributed by atoms with E-state index in [9.17, 15) is 22.0 Å². The third-order valence-electron chi connectivity index (χ3n) is 2.28. The summed E-state index contributed by atoms with van der Waals surface area (Å²) in [5, 5.41) is 11.1. The molecule has 0 fully saturated rings.